The van der Waals surface area contributed by atoms with E-state index < -0.39 is 11.0 Å². The molecule has 1 aromatic carbocycles. The highest BCUT2D eigenvalue weighted by Crippen LogP contribution is 2.28. The molecule has 1 aliphatic heterocycles. The Morgan fingerprint density at radius 3 is 2.18 bits per heavy atom. The molecule has 2 N–H and O–H groups in total. The third-order valence-corrected chi connectivity index (χ3v) is 4.46. The summed E-state index contributed by atoms with van der Waals surface area (Å²) in [5.74, 6) is 0.653. The Morgan fingerprint density at radius 2 is 1.71 bits per heavy atom. The van der Waals surface area contributed by atoms with Gasteiger partial charge in [-0.15, -0.1) is 0 Å². The van der Waals surface area contributed by atoms with E-state index in [0.29, 0.717) is 5.92 Å². The van der Waals surface area contributed by atoms with E-state index in [-0.39, 0.29) is 5.48 Å². The van der Waals surface area contributed by atoms with Crippen molar-refractivity contribution >= 4 is 11.0 Å². The summed E-state index contributed by atoms with van der Waals surface area (Å²) in [5.41, 5.74) is 2.75. The molecule has 1 heterocycles. The number of hydrogen-bond donors (Lipinski definition) is 0. The first-order valence-corrected chi connectivity index (χ1v) is 7.33. The summed E-state index contributed by atoms with van der Waals surface area (Å²) in [6.45, 7) is 4.04. The van der Waals surface area contributed by atoms with Crippen LogP contribution in [-0.2, 0) is 11.0 Å². The Kier molecular flexibility index (Phi) is 5.31. The lowest BCUT2D eigenvalue weighted by Gasteiger charge is -2.30. The van der Waals surface area contributed by atoms with Crippen molar-refractivity contribution in [2.45, 2.75) is 25.7 Å². The summed E-state index contributed by atoms with van der Waals surface area (Å²) in [6.07, 6.45) is 4.03. The van der Waals surface area contributed by atoms with Crippen LogP contribution in [0, 0.1) is 6.92 Å². The monoisotopic (exact) mass is 255 g/mol. The SMILES string of the molecule is Cc1ccc(C2CCN(S(C)=O)CC2)cc1.O. The maximum atomic E-state index is 11.3. The van der Waals surface area contributed by atoms with Crippen LogP contribution in [0.4, 0.5) is 0 Å². The van der Waals surface area contributed by atoms with Gasteiger partial charge in [-0.25, -0.2) is 8.51 Å². The van der Waals surface area contributed by atoms with Crippen LogP contribution in [0.1, 0.15) is 29.9 Å². The largest absolute Gasteiger partial charge is 0.412 e. The van der Waals surface area contributed by atoms with Gasteiger partial charge in [0.2, 0.25) is 0 Å². The summed E-state index contributed by atoms with van der Waals surface area (Å²) in [7, 11) is -0.794. The number of benzene rings is 1. The van der Waals surface area contributed by atoms with Crippen molar-refractivity contribution in [1.29, 1.82) is 0 Å². The highest BCUT2D eigenvalue weighted by Gasteiger charge is 2.21. The van der Waals surface area contributed by atoms with Crippen molar-refractivity contribution in [3.8, 4) is 0 Å². The molecular formula is C13H21NO2S. The van der Waals surface area contributed by atoms with Crippen molar-refractivity contribution in [2.75, 3.05) is 19.3 Å². The van der Waals surface area contributed by atoms with Crippen LogP contribution in [0.2, 0.25) is 0 Å². The Hall–Kier alpha value is -0.710. The van der Waals surface area contributed by atoms with Crippen LogP contribution in [0.15, 0.2) is 24.3 Å². The van der Waals surface area contributed by atoms with Crippen LogP contribution in [0.25, 0.3) is 0 Å². The molecule has 1 aliphatic rings. The Balaban J connectivity index is 0.00000144. The molecule has 0 bridgehead atoms. The van der Waals surface area contributed by atoms with Gasteiger partial charge >= 0.3 is 0 Å². The second-order valence-electron chi connectivity index (χ2n) is 4.54. The topological polar surface area (TPSA) is 51.8 Å². The van der Waals surface area contributed by atoms with Crippen LogP contribution in [-0.4, -0.2) is 33.3 Å². The van der Waals surface area contributed by atoms with Gasteiger partial charge in [-0.3, -0.25) is 0 Å². The van der Waals surface area contributed by atoms with E-state index >= 15 is 0 Å². The third kappa shape index (κ3) is 3.63. The summed E-state index contributed by atoms with van der Waals surface area (Å²) < 4.78 is 13.4. The van der Waals surface area contributed by atoms with Gasteiger partial charge in [0.05, 0.1) is 11.0 Å². The minimum atomic E-state index is -0.794. The van der Waals surface area contributed by atoms with Crippen molar-refractivity contribution < 1.29 is 9.69 Å². The average Bonchev–Trinajstić information content (AvgIpc) is 2.30. The molecular weight excluding hydrogens is 234 g/mol. The molecule has 0 amide bonds. The van der Waals surface area contributed by atoms with Gasteiger partial charge in [0.25, 0.3) is 0 Å². The molecule has 1 atom stereocenters. The highest BCUT2D eigenvalue weighted by atomic mass is 32.2. The minimum Gasteiger partial charge on any atom is -0.412 e. The molecule has 1 unspecified atom stereocenters. The van der Waals surface area contributed by atoms with E-state index in [9.17, 15) is 4.21 Å². The average molecular weight is 255 g/mol. The molecule has 17 heavy (non-hydrogen) atoms. The third-order valence-electron chi connectivity index (χ3n) is 3.37. The maximum absolute atomic E-state index is 11.3. The van der Waals surface area contributed by atoms with Gasteiger partial charge in [0.1, 0.15) is 0 Å². The van der Waals surface area contributed by atoms with E-state index in [1.54, 1.807) is 6.26 Å². The van der Waals surface area contributed by atoms with Gasteiger partial charge in [-0.1, -0.05) is 29.8 Å². The standard InChI is InChI=1S/C13H19NOS.H2O/c1-11-3-5-12(6-4-11)13-7-9-14(10-8-13)16(2)15;/h3-6,13H,7-10H2,1-2H3;1H2. The predicted octanol–water partition coefficient (Wildman–Crippen LogP) is 1.64. The van der Waals surface area contributed by atoms with Crippen LogP contribution >= 0.6 is 0 Å². The molecule has 4 heteroatoms. The van der Waals surface area contributed by atoms with Gasteiger partial charge in [0.15, 0.2) is 0 Å². The van der Waals surface area contributed by atoms with E-state index in [4.69, 9.17) is 0 Å². The number of aryl methyl sites for hydroxylation is 1. The quantitative estimate of drug-likeness (QED) is 0.792. The number of nitrogens with zero attached hydrogens (tertiary/aromatic N) is 1. The van der Waals surface area contributed by atoms with Gasteiger partial charge < -0.3 is 5.48 Å². The summed E-state index contributed by atoms with van der Waals surface area (Å²) >= 11 is 0. The molecule has 0 spiro atoms. The molecule has 1 fully saturated rings. The Bertz CT molecular complexity index is 370. The molecule has 3 nitrogen and oxygen atoms in total. The zero-order valence-electron chi connectivity index (χ0n) is 10.5. The second kappa shape index (κ2) is 6.28. The first-order valence-electron chi connectivity index (χ1n) is 5.82. The zero-order valence-corrected chi connectivity index (χ0v) is 11.3. The smallest absolute Gasteiger partial charge is 0.0910 e. The lowest BCUT2D eigenvalue weighted by molar-refractivity contribution is 0.335. The lowest BCUT2D eigenvalue weighted by Crippen LogP contribution is -2.33. The van der Waals surface area contributed by atoms with Crippen molar-refractivity contribution in [3.63, 3.8) is 0 Å². The van der Waals surface area contributed by atoms with Gasteiger partial charge in [-0.2, -0.15) is 0 Å². The number of piperidine rings is 1. The van der Waals surface area contributed by atoms with Crippen LogP contribution in [0.5, 0.6) is 0 Å². The van der Waals surface area contributed by atoms with Crippen molar-refractivity contribution in [3.05, 3.63) is 35.4 Å². The van der Waals surface area contributed by atoms with Crippen molar-refractivity contribution in [1.82, 2.24) is 4.31 Å². The van der Waals surface area contributed by atoms with E-state index in [1.165, 1.54) is 11.1 Å². The highest BCUT2D eigenvalue weighted by molar-refractivity contribution is 7.81. The molecule has 0 aromatic heterocycles. The first-order chi connectivity index (χ1) is 7.66. The Morgan fingerprint density at radius 1 is 1.18 bits per heavy atom. The number of hydrogen-bond acceptors (Lipinski definition) is 1. The van der Waals surface area contributed by atoms with Gasteiger partial charge in [0, 0.05) is 19.3 Å². The van der Waals surface area contributed by atoms with Gasteiger partial charge in [-0.05, 0) is 31.2 Å². The van der Waals surface area contributed by atoms with Crippen LogP contribution < -0.4 is 0 Å². The zero-order chi connectivity index (χ0) is 11.5. The second-order valence-corrected chi connectivity index (χ2v) is 5.90. The van der Waals surface area contributed by atoms with E-state index in [1.807, 2.05) is 0 Å². The van der Waals surface area contributed by atoms with Crippen LogP contribution in [0.3, 0.4) is 0 Å². The summed E-state index contributed by atoms with van der Waals surface area (Å²) in [5, 5.41) is 0. The molecule has 0 saturated carbocycles. The fourth-order valence-corrected chi connectivity index (χ4v) is 3.01. The van der Waals surface area contributed by atoms with E-state index in [2.05, 4.69) is 35.5 Å². The Labute approximate surface area is 106 Å². The van der Waals surface area contributed by atoms with E-state index in [0.717, 1.165) is 25.9 Å². The summed E-state index contributed by atoms with van der Waals surface area (Å²) in [6, 6.07) is 8.83. The summed E-state index contributed by atoms with van der Waals surface area (Å²) in [4.78, 5) is 0. The molecule has 1 saturated heterocycles. The normalized spacial score (nSPS) is 19.6. The fourth-order valence-electron chi connectivity index (χ4n) is 2.28. The molecule has 0 radical (unpaired) electrons. The molecule has 0 aliphatic carbocycles. The molecule has 1 aromatic rings. The minimum absolute atomic E-state index is 0. The maximum Gasteiger partial charge on any atom is 0.0910 e. The first kappa shape index (κ1) is 14.4. The lowest BCUT2D eigenvalue weighted by atomic mass is 9.90. The van der Waals surface area contributed by atoms with Crippen molar-refractivity contribution in [2.24, 2.45) is 0 Å². The number of rotatable bonds is 2. The fraction of sp³-hybridized carbons (Fsp3) is 0.538. The molecule has 96 valence electrons. The molecule has 2 rings (SSSR count). The predicted molar refractivity (Wildman–Crippen MR) is 72.4 cm³/mol.